The first-order valence-electron chi connectivity index (χ1n) is 13.3. The minimum absolute atomic E-state index is 0.0127. The van der Waals surface area contributed by atoms with Gasteiger partial charge in [0.1, 0.15) is 10.9 Å². The van der Waals surface area contributed by atoms with Crippen molar-refractivity contribution in [3.05, 3.63) is 28.2 Å². The van der Waals surface area contributed by atoms with E-state index in [9.17, 15) is 18.0 Å². The maximum absolute atomic E-state index is 13.0. The SMILES string of the molecule is CC(C)C[C@H](NC(=O)[C@H]1CCN2CCCCC2C1)C(=O)NCCCCNS(=O)(=O)c1ccc(Cl)cc1Cl. The summed E-state index contributed by atoms with van der Waals surface area (Å²) < 4.78 is 27.4. The van der Waals surface area contributed by atoms with Crippen LogP contribution in [-0.4, -0.2) is 63.4 Å². The van der Waals surface area contributed by atoms with Crippen LogP contribution in [0.15, 0.2) is 23.1 Å². The molecule has 0 radical (unpaired) electrons. The number of amides is 2. The summed E-state index contributed by atoms with van der Waals surface area (Å²) in [6.07, 6.45) is 7.03. The topological polar surface area (TPSA) is 108 Å². The standard InChI is InChI=1S/C26H40Cl2N4O4S/c1-18(2)15-23(31-25(33)19-10-14-32-13-6-3-7-21(32)16-19)26(34)29-11-4-5-12-30-37(35,36)24-9-8-20(27)17-22(24)28/h8-9,17-19,21,23,30H,3-7,10-16H2,1-2H3,(H,29,34)(H,31,33)/t19-,21?,23-/m0/s1. The quantitative estimate of drug-likeness (QED) is 0.327. The summed E-state index contributed by atoms with van der Waals surface area (Å²) in [6.45, 7) is 6.76. The number of hydrogen-bond donors (Lipinski definition) is 3. The van der Waals surface area contributed by atoms with Crippen molar-refractivity contribution < 1.29 is 18.0 Å². The maximum atomic E-state index is 13.0. The molecule has 11 heteroatoms. The number of carbonyl (C=O) groups is 2. The molecule has 2 saturated heterocycles. The molecule has 208 valence electrons. The Balaban J connectivity index is 1.41. The van der Waals surface area contributed by atoms with Gasteiger partial charge >= 0.3 is 0 Å². The fourth-order valence-corrected chi connectivity index (χ4v) is 7.03. The molecule has 0 aliphatic carbocycles. The number of nitrogens with one attached hydrogen (secondary N) is 3. The highest BCUT2D eigenvalue weighted by molar-refractivity contribution is 7.89. The summed E-state index contributed by atoms with van der Waals surface area (Å²) in [6, 6.07) is 4.15. The van der Waals surface area contributed by atoms with E-state index in [1.165, 1.54) is 31.0 Å². The Morgan fingerprint density at radius 3 is 2.57 bits per heavy atom. The predicted molar refractivity (Wildman–Crippen MR) is 147 cm³/mol. The van der Waals surface area contributed by atoms with Gasteiger partial charge in [-0.25, -0.2) is 13.1 Å². The zero-order valence-corrected chi connectivity index (χ0v) is 24.1. The van der Waals surface area contributed by atoms with E-state index in [0.29, 0.717) is 36.9 Å². The molecule has 0 spiro atoms. The average Bonchev–Trinajstić information content (AvgIpc) is 2.84. The first-order valence-corrected chi connectivity index (χ1v) is 15.6. The molecule has 3 rings (SSSR count). The number of sulfonamides is 1. The molecular formula is C26H40Cl2N4O4S. The molecular weight excluding hydrogens is 535 g/mol. The lowest BCUT2D eigenvalue weighted by molar-refractivity contribution is -0.133. The number of benzene rings is 1. The molecule has 1 unspecified atom stereocenters. The molecule has 0 bridgehead atoms. The van der Waals surface area contributed by atoms with Crippen LogP contribution in [0.1, 0.15) is 65.2 Å². The highest BCUT2D eigenvalue weighted by Gasteiger charge is 2.34. The monoisotopic (exact) mass is 574 g/mol. The van der Waals surface area contributed by atoms with Crippen molar-refractivity contribution in [3.8, 4) is 0 Å². The molecule has 1 aromatic rings. The van der Waals surface area contributed by atoms with Crippen molar-refractivity contribution in [2.75, 3.05) is 26.2 Å². The lowest BCUT2D eigenvalue weighted by Crippen LogP contribution is -2.52. The van der Waals surface area contributed by atoms with Gasteiger partial charge in [0.2, 0.25) is 21.8 Å². The first-order chi connectivity index (χ1) is 17.6. The number of rotatable bonds is 12. The number of carbonyl (C=O) groups excluding carboxylic acids is 2. The Kier molecular flexibility index (Phi) is 11.5. The third-order valence-electron chi connectivity index (χ3n) is 7.16. The van der Waals surface area contributed by atoms with Gasteiger partial charge in [0, 0.05) is 30.1 Å². The van der Waals surface area contributed by atoms with Gasteiger partial charge in [-0.1, -0.05) is 43.5 Å². The Morgan fingerprint density at radius 1 is 1.08 bits per heavy atom. The molecule has 2 heterocycles. The van der Waals surface area contributed by atoms with Crippen molar-refractivity contribution in [1.82, 2.24) is 20.3 Å². The number of nitrogens with zero attached hydrogens (tertiary/aromatic N) is 1. The van der Waals surface area contributed by atoms with E-state index < -0.39 is 16.1 Å². The van der Waals surface area contributed by atoms with Crippen LogP contribution in [-0.2, 0) is 19.6 Å². The van der Waals surface area contributed by atoms with Gasteiger partial charge in [-0.3, -0.25) is 9.59 Å². The molecule has 2 fully saturated rings. The fourth-order valence-electron chi connectivity index (χ4n) is 5.18. The van der Waals surface area contributed by atoms with Gasteiger partial charge in [0.05, 0.1) is 5.02 Å². The molecule has 8 nitrogen and oxygen atoms in total. The lowest BCUT2D eigenvalue weighted by atomic mass is 9.85. The molecule has 3 atom stereocenters. The second kappa shape index (κ2) is 14.1. The van der Waals surface area contributed by atoms with Crippen LogP contribution in [0.5, 0.6) is 0 Å². The molecule has 1 aromatic carbocycles. The van der Waals surface area contributed by atoms with Crippen LogP contribution >= 0.6 is 23.2 Å². The molecule has 0 saturated carbocycles. The van der Waals surface area contributed by atoms with E-state index in [0.717, 1.165) is 32.4 Å². The average molecular weight is 576 g/mol. The summed E-state index contributed by atoms with van der Waals surface area (Å²) in [5.74, 6) is 0.0151. The molecule has 2 aliphatic heterocycles. The Labute approximate surface area is 231 Å². The highest BCUT2D eigenvalue weighted by atomic mass is 35.5. The van der Waals surface area contributed by atoms with E-state index in [1.54, 1.807) is 0 Å². The van der Waals surface area contributed by atoms with Gasteiger partial charge in [-0.2, -0.15) is 0 Å². The molecule has 0 aromatic heterocycles. The second-order valence-corrected chi connectivity index (χ2v) is 13.1. The van der Waals surface area contributed by atoms with Crippen LogP contribution < -0.4 is 15.4 Å². The summed E-state index contributed by atoms with van der Waals surface area (Å²) in [4.78, 5) is 28.4. The van der Waals surface area contributed by atoms with Crippen LogP contribution in [0, 0.1) is 11.8 Å². The number of unbranched alkanes of at least 4 members (excludes halogenated alkanes) is 1. The third kappa shape index (κ3) is 9.10. The van der Waals surface area contributed by atoms with Crippen LogP contribution in [0.3, 0.4) is 0 Å². The largest absolute Gasteiger partial charge is 0.354 e. The van der Waals surface area contributed by atoms with Crippen molar-refractivity contribution >= 4 is 45.0 Å². The first kappa shape index (κ1) is 30.2. The summed E-state index contributed by atoms with van der Waals surface area (Å²) in [5.41, 5.74) is 0. The van der Waals surface area contributed by atoms with Crippen molar-refractivity contribution in [2.45, 2.75) is 82.2 Å². The van der Waals surface area contributed by atoms with E-state index >= 15 is 0 Å². The Bertz CT molecular complexity index is 1040. The van der Waals surface area contributed by atoms with Gasteiger partial charge < -0.3 is 15.5 Å². The van der Waals surface area contributed by atoms with Crippen molar-refractivity contribution in [3.63, 3.8) is 0 Å². The molecule has 2 amide bonds. The summed E-state index contributed by atoms with van der Waals surface area (Å²) >= 11 is 11.8. The minimum atomic E-state index is -3.75. The molecule has 2 aliphatic rings. The maximum Gasteiger partial charge on any atom is 0.242 e. The van der Waals surface area contributed by atoms with E-state index in [4.69, 9.17) is 23.2 Å². The summed E-state index contributed by atoms with van der Waals surface area (Å²) in [7, 11) is -3.75. The van der Waals surface area contributed by atoms with Gasteiger partial charge in [0.15, 0.2) is 0 Å². The number of fused-ring (bicyclic) bond motifs is 1. The van der Waals surface area contributed by atoms with E-state index in [1.807, 2.05) is 13.8 Å². The predicted octanol–water partition coefficient (Wildman–Crippen LogP) is 3.96. The fraction of sp³-hybridized carbons (Fsp3) is 0.692. The zero-order chi connectivity index (χ0) is 27.0. The lowest BCUT2D eigenvalue weighted by Gasteiger charge is -2.42. The number of hydrogen-bond acceptors (Lipinski definition) is 5. The normalized spacial score (nSPS) is 21.3. The minimum Gasteiger partial charge on any atom is -0.354 e. The van der Waals surface area contributed by atoms with Gasteiger partial charge in [-0.05, 0) is 82.2 Å². The van der Waals surface area contributed by atoms with E-state index in [-0.39, 0.29) is 40.1 Å². The summed E-state index contributed by atoms with van der Waals surface area (Å²) in [5, 5.41) is 6.37. The Morgan fingerprint density at radius 2 is 1.84 bits per heavy atom. The third-order valence-corrected chi connectivity index (χ3v) is 9.34. The van der Waals surface area contributed by atoms with Crippen molar-refractivity contribution in [2.24, 2.45) is 11.8 Å². The van der Waals surface area contributed by atoms with Crippen LogP contribution in [0.25, 0.3) is 0 Å². The smallest absolute Gasteiger partial charge is 0.242 e. The Hall–Kier alpha value is -1.39. The second-order valence-electron chi connectivity index (χ2n) is 10.6. The van der Waals surface area contributed by atoms with E-state index in [2.05, 4.69) is 20.3 Å². The molecule has 37 heavy (non-hydrogen) atoms. The van der Waals surface area contributed by atoms with Crippen molar-refractivity contribution in [1.29, 1.82) is 0 Å². The van der Waals surface area contributed by atoms with Gasteiger partial charge in [0.25, 0.3) is 0 Å². The zero-order valence-electron chi connectivity index (χ0n) is 21.8. The number of halogens is 2. The number of piperidine rings is 2. The van der Waals surface area contributed by atoms with Gasteiger partial charge in [-0.15, -0.1) is 0 Å². The molecule has 3 N–H and O–H groups in total. The van der Waals surface area contributed by atoms with Crippen LogP contribution in [0.4, 0.5) is 0 Å². The van der Waals surface area contributed by atoms with Crippen LogP contribution in [0.2, 0.25) is 10.0 Å². The highest BCUT2D eigenvalue weighted by Crippen LogP contribution is 2.30.